The number of rotatable bonds is 9. The van der Waals surface area contributed by atoms with Crippen LogP contribution in [-0.2, 0) is 4.79 Å². The van der Waals surface area contributed by atoms with Crippen molar-refractivity contribution in [3.63, 3.8) is 0 Å². The van der Waals surface area contributed by atoms with Gasteiger partial charge in [0.1, 0.15) is 11.8 Å². The monoisotopic (exact) mass is 556 g/mol. The first-order chi connectivity index (χ1) is 18.6. The molecule has 0 aliphatic carbocycles. The van der Waals surface area contributed by atoms with Crippen LogP contribution in [0.5, 0.6) is 5.75 Å². The van der Waals surface area contributed by atoms with Crippen LogP contribution >= 0.6 is 11.6 Å². The summed E-state index contributed by atoms with van der Waals surface area (Å²) < 4.78 is 38.0. The zero-order valence-electron chi connectivity index (χ0n) is 21.1. The lowest BCUT2D eigenvalue weighted by molar-refractivity contribution is -0.119. The molecule has 0 saturated heterocycles. The SMILES string of the molecule is CCC(C(=O)Nc1ccc(C(C)=O)cc1)n1cc(OC)c(-c2cc(Cl)ccc2-c2nnc(C(F)F)o2)cc1=O. The number of anilines is 1. The molecule has 2 heterocycles. The maximum Gasteiger partial charge on any atom is 0.314 e. The van der Waals surface area contributed by atoms with E-state index in [1.807, 2.05) is 0 Å². The second-order valence-corrected chi connectivity index (χ2v) is 8.92. The minimum Gasteiger partial charge on any atom is -0.495 e. The van der Waals surface area contributed by atoms with Crippen molar-refractivity contribution in [2.75, 3.05) is 12.4 Å². The highest BCUT2D eigenvalue weighted by atomic mass is 35.5. The average Bonchev–Trinajstić information content (AvgIpc) is 3.40. The molecule has 4 aromatic rings. The molecule has 9 nitrogen and oxygen atoms in total. The van der Waals surface area contributed by atoms with Crippen LogP contribution in [0.1, 0.15) is 49.0 Å². The summed E-state index contributed by atoms with van der Waals surface area (Å²) in [6, 6.07) is 11.3. The number of ether oxygens (including phenoxy) is 1. The van der Waals surface area contributed by atoms with E-state index in [4.69, 9.17) is 20.8 Å². The van der Waals surface area contributed by atoms with Gasteiger partial charge in [-0.15, -0.1) is 10.2 Å². The fourth-order valence-corrected chi connectivity index (χ4v) is 4.20. The largest absolute Gasteiger partial charge is 0.495 e. The van der Waals surface area contributed by atoms with Gasteiger partial charge in [-0.1, -0.05) is 18.5 Å². The number of ketones is 1. The third-order valence-corrected chi connectivity index (χ3v) is 6.21. The van der Waals surface area contributed by atoms with Gasteiger partial charge in [0.25, 0.3) is 11.4 Å². The molecule has 1 unspecified atom stereocenters. The summed E-state index contributed by atoms with van der Waals surface area (Å²) in [5, 5.41) is 10.1. The molecule has 2 aromatic heterocycles. The summed E-state index contributed by atoms with van der Waals surface area (Å²) in [6.45, 7) is 3.19. The quantitative estimate of drug-likeness (QED) is 0.253. The van der Waals surface area contributed by atoms with Gasteiger partial charge in [-0.2, -0.15) is 8.78 Å². The van der Waals surface area contributed by atoms with Crippen molar-refractivity contribution in [1.29, 1.82) is 0 Å². The molecule has 202 valence electrons. The topological polar surface area (TPSA) is 116 Å². The molecule has 1 N–H and O–H groups in total. The Labute approximate surface area is 226 Å². The number of methoxy groups -OCH3 is 1. The highest BCUT2D eigenvalue weighted by Gasteiger charge is 2.25. The van der Waals surface area contributed by atoms with Crippen molar-refractivity contribution in [1.82, 2.24) is 14.8 Å². The fourth-order valence-electron chi connectivity index (χ4n) is 4.02. The molecule has 4 rings (SSSR count). The van der Waals surface area contributed by atoms with Crippen LogP contribution in [0.2, 0.25) is 5.02 Å². The molecular weight excluding hydrogens is 534 g/mol. The Morgan fingerprint density at radius 3 is 2.38 bits per heavy atom. The molecule has 0 bridgehead atoms. The Kier molecular flexibility index (Phi) is 8.20. The predicted molar refractivity (Wildman–Crippen MR) is 140 cm³/mol. The molecule has 0 aliphatic heterocycles. The molecule has 2 aromatic carbocycles. The van der Waals surface area contributed by atoms with Gasteiger partial charge in [-0.05, 0) is 61.4 Å². The number of hydrogen-bond donors (Lipinski definition) is 1. The molecule has 0 saturated carbocycles. The summed E-state index contributed by atoms with van der Waals surface area (Å²) in [7, 11) is 1.39. The van der Waals surface area contributed by atoms with E-state index in [1.54, 1.807) is 31.2 Å². The molecule has 1 amide bonds. The van der Waals surface area contributed by atoms with Crippen molar-refractivity contribution in [3.8, 4) is 28.3 Å². The summed E-state index contributed by atoms with van der Waals surface area (Å²) in [5.74, 6) is -1.37. The highest BCUT2D eigenvalue weighted by molar-refractivity contribution is 6.31. The van der Waals surface area contributed by atoms with Crippen LogP contribution in [0.15, 0.2) is 63.9 Å². The molecule has 0 aliphatic rings. The molecular formula is C27H23ClF2N4O5. The third kappa shape index (κ3) is 5.88. The first kappa shape index (κ1) is 27.6. The van der Waals surface area contributed by atoms with Crippen molar-refractivity contribution in [2.24, 2.45) is 0 Å². The number of nitrogens with zero attached hydrogens (tertiary/aromatic N) is 3. The zero-order chi connectivity index (χ0) is 28.3. The van der Waals surface area contributed by atoms with E-state index in [-0.39, 0.29) is 35.0 Å². The fraction of sp³-hybridized carbons (Fsp3) is 0.222. The van der Waals surface area contributed by atoms with Crippen LogP contribution in [0.25, 0.3) is 22.6 Å². The lowest BCUT2D eigenvalue weighted by atomic mass is 9.99. The number of benzene rings is 2. The number of carbonyl (C=O) groups is 2. The van der Waals surface area contributed by atoms with E-state index in [2.05, 4.69) is 15.5 Å². The van der Waals surface area contributed by atoms with Crippen molar-refractivity contribution in [3.05, 3.63) is 81.6 Å². The number of carbonyl (C=O) groups excluding carboxylic acids is 2. The van der Waals surface area contributed by atoms with Crippen LogP contribution in [-0.4, -0.2) is 33.6 Å². The third-order valence-electron chi connectivity index (χ3n) is 5.98. The molecule has 12 heteroatoms. The Hall–Kier alpha value is -4.38. The van der Waals surface area contributed by atoms with Crippen LogP contribution < -0.4 is 15.6 Å². The number of nitrogens with one attached hydrogen (secondary N) is 1. The number of halogens is 3. The van der Waals surface area contributed by atoms with Gasteiger partial charge in [-0.3, -0.25) is 19.0 Å². The van der Waals surface area contributed by atoms with Crippen LogP contribution in [0, 0.1) is 0 Å². The molecule has 0 radical (unpaired) electrons. The first-order valence-electron chi connectivity index (χ1n) is 11.8. The van der Waals surface area contributed by atoms with Crippen LogP contribution in [0.3, 0.4) is 0 Å². The van der Waals surface area contributed by atoms with Crippen LogP contribution in [0.4, 0.5) is 14.5 Å². The molecule has 0 spiro atoms. The van der Waals surface area contributed by atoms with E-state index in [1.165, 1.54) is 49.1 Å². The summed E-state index contributed by atoms with van der Waals surface area (Å²) >= 11 is 6.21. The van der Waals surface area contributed by atoms with Gasteiger partial charge in [0, 0.05) is 33.5 Å². The molecule has 39 heavy (non-hydrogen) atoms. The lowest BCUT2D eigenvalue weighted by Gasteiger charge is -2.20. The Morgan fingerprint density at radius 1 is 1.08 bits per heavy atom. The van der Waals surface area contributed by atoms with Crippen molar-refractivity contribution >= 4 is 29.0 Å². The number of aromatic nitrogens is 3. The number of pyridine rings is 1. The Morgan fingerprint density at radius 2 is 1.79 bits per heavy atom. The molecule has 1 atom stereocenters. The van der Waals surface area contributed by atoms with Gasteiger partial charge in [0.2, 0.25) is 11.8 Å². The maximum atomic E-state index is 13.3. The maximum absolute atomic E-state index is 13.3. The Bertz CT molecular complexity index is 1580. The van der Waals surface area contributed by atoms with Gasteiger partial charge in [-0.25, -0.2) is 0 Å². The summed E-state index contributed by atoms with van der Waals surface area (Å²) in [4.78, 5) is 37.9. The Balaban J connectivity index is 1.73. The minimum atomic E-state index is -2.95. The normalized spacial score (nSPS) is 11.9. The predicted octanol–water partition coefficient (Wildman–Crippen LogP) is 5.96. The van der Waals surface area contributed by atoms with E-state index in [9.17, 15) is 23.2 Å². The highest BCUT2D eigenvalue weighted by Crippen LogP contribution is 2.38. The minimum absolute atomic E-state index is 0.102. The average molecular weight is 557 g/mol. The lowest BCUT2D eigenvalue weighted by Crippen LogP contribution is -2.32. The van der Waals surface area contributed by atoms with Gasteiger partial charge >= 0.3 is 6.43 Å². The van der Waals surface area contributed by atoms with Crippen molar-refractivity contribution < 1.29 is 27.5 Å². The van der Waals surface area contributed by atoms with E-state index < -0.39 is 29.8 Å². The number of Topliss-reactive ketones (excluding diaryl/α,β-unsaturated/α-hetero) is 1. The van der Waals surface area contributed by atoms with Gasteiger partial charge < -0.3 is 14.5 Å². The number of hydrogen-bond acceptors (Lipinski definition) is 7. The van der Waals surface area contributed by atoms with E-state index in [0.29, 0.717) is 21.8 Å². The number of alkyl halides is 2. The number of amides is 1. The second kappa shape index (κ2) is 11.6. The van der Waals surface area contributed by atoms with E-state index in [0.717, 1.165) is 0 Å². The molecule has 0 fully saturated rings. The van der Waals surface area contributed by atoms with Gasteiger partial charge in [0.05, 0.1) is 13.3 Å². The first-order valence-corrected chi connectivity index (χ1v) is 12.1. The smallest absolute Gasteiger partial charge is 0.314 e. The zero-order valence-corrected chi connectivity index (χ0v) is 21.8. The van der Waals surface area contributed by atoms with E-state index >= 15 is 0 Å². The summed E-state index contributed by atoms with van der Waals surface area (Å²) in [5.41, 5.74) is 1.31. The summed E-state index contributed by atoms with van der Waals surface area (Å²) in [6.07, 6.45) is -1.28. The van der Waals surface area contributed by atoms with Gasteiger partial charge in [0.15, 0.2) is 5.78 Å². The second-order valence-electron chi connectivity index (χ2n) is 8.48. The van der Waals surface area contributed by atoms with Crippen molar-refractivity contribution in [2.45, 2.75) is 32.7 Å². The standard InChI is InChI=1S/C27H23ClF2N4O5/c1-4-21(25(37)31-17-8-5-15(6-9-17)14(2)35)34-13-22(38-3)20(12-23(34)36)19-11-16(28)7-10-18(19)26-32-33-27(39-26)24(29)30/h5-13,21,24H,4H2,1-3H3,(H,31,37).